The Hall–Kier alpha value is -4.50. The second kappa shape index (κ2) is 8.86. The predicted molar refractivity (Wildman–Crippen MR) is 141 cm³/mol. The van der Waals surface area contributed by atoms with Gasteiger partial charge in [0.1, 0.15) is 24.5 Å². The molecule has 3 aromatic carbocycles. The Morgan fingerprint density at radius 3 is 2.62 bits per heavy atom. The van der Waals surface area contributed by atoms with Crippen LogP contribution in [0.5, 0.6) is 17.2 Å². The fraction of sp³-hybridized carbons (Fsp3) is 0.148. The molecule has 0 fully saturated rings. The lowest BCUT2D eigenvalue weighted by molar-refractivity contribution is 0.102. The molecule has 1 N–H and O–H groups in total. The monoisotopic (exact) mass is 516 g/mol. The lowest BCUT2D eigenvalue weighted by atomic mass is 10.1. The van der Waals surface area contributed by atoms with Crippen molar-refractivity contribution in [3.63, 3.8) is 0 Å². The summed E-state index contributed by atoms with van der Waals surface area (Å²) in [5, 5.41) is 8.96. The van der Waals surface area contributed by atoms with Gasteiger partial charge < -0.3 is 24.1 Å². The summed E-state index contributed by atoms with van der Waals surface area (Å²) < 4.78 is 19.4. The number of fused-ring (bicyclic) bond motifs is 4. The lowest BCUT2D eigenvalue weighted by Gasteiger charge is -2.19. The van der Waals surface area contributed by atoms with E-state index < -0.39 is 5.91 Å². The smallest absolute Gasteiger partial charge is 0.296 e. The van der Waals surface area contributed by atoms with Gasteiger partial charge in [-0.1, -0.05) is 29.8 Å². The van der Waals surface area contributed by atoms with Gasteiger partial charge in [-0.15, -0.1) is 0 Å². The van der Waals surface area contributed by atoms with Crippen molar-refractivity contribution in [2.24, 2.45) is 7.05 Å². The third-order valence-electron chi connectivity index (χ3n) is 6.33. The van der Waals surface area contributed by atoms with E-state index in [1.54, 1.807) is 48.0 Å². The third kappa shape index (κ3) is 3.75. The van der Waals surface area contributed by atoms with Gasteiger partial charge in [-0.3, -0.25) is 9.59 Å². The molecule has 0 bridgehead atoms. The van der Waals surface area contributed by atoms with Crippen LogP contribution in [0.2, 0.25) is 5.02 Å². The van der Waals surface area contributed by atoms with Crippen LogP contribution < -0.4 is 25.1 Å². The highest BCUT2D eigenvalue weighted by Crippen LogP contribution is 2.34. The van der Waals surface area contributed by atoms with Gasteiger partial charge >= 0.3 is 0 Å². The first-order valence-electron chi connectivity index (χ1n) is 11.5. The number of amides is 1. The number of para-hydroxylation sites is 1. The van der Waals surface area contributed by atoms with Crippen LogP contribution in [0, 0.1) is 0 Å². The number of rotatable bonds is 4. The molecule has 10 heteroatoms. The molecule has 37 heavy (non-hydrogen) atoms. The number of anilines is 1. The molecule has 0 radical (unpaired) electrons. The van der Waals surface area contributed by atoms with E-state index in [1.807, 2.05) is 24.3 Å². The number of hydrogen-bond donors (Lipinski definition) is 1. The summed E-state index contributed by atoms with van der Waals surface area (Å²) in [7, 11) is 3.30. The average Bonchev–Trinajstić information content (AvgIpc) is 3.22. The summed E-state index contributed by atoms with van der Waals surface area (Å²) in [6.07, 6.45) is 0. The van der Waals surface area contributed by atoms with Crippen molar-refractivity contribution >= 4 is 45.0 Å². The Kier molecular flexibility index (Phi) is 5.49. The zero-order chi connectivity index (χ0) is 25.7. The van der Waals surface area contributed by atoms with Crippen LogP contribution in [-0.2, 0) is 7.05 Å². The molecule has 0 saturated heterocycles. The first-order chi connectivity index (χ1) is 18.0. The predicted octanol–water partition coefficient (Wildman–Crippen LogP) is 4.56. The van der Waals surface area contributed by atoms with Crippen molar-refractivity contribution < 1.29 is 19.0 Å². The standard InChI is InChI=1S/C27H21ClN4O5/c1-31-19-6-4-3-5-17(19)23-24(26(33)29-15-7-9-21-22(13-15)37-12-11-36-21)30-32(27(34)25(23)31)16-8-10-20(35-2)18(28)14-16/h3-10,13-14H,11-12H2,1-2H3,(H,29,33). The van der Waals surface area contributed by atoms with Crippen molar-refractivity contribution in [1.82, 2.24) is 14.3 Å². The Morgan fingerprint density at radius 2 is 1.84 bits per heavy atom. The van der Waals surface area contributed by atoms with Gasteiger partial charge in [-0.2, -0.15) is 9.78 Å². The molecule has 6 rings (SSSR count). The second-order valence-corrected chi connectivity index (χ2v) is 8.90. The number of aromatic nitrogens is 3. The van der Waals surface area contributed by atoms with E-state index in [0.717, 1.165) is 10.9 Å². The summed E-state index contributed by atoms with van der Waals surface area (Å²) in [5.74, 6) is 1.14. The van der Waals surface area contributed by atoms with Crippen LogP contribution in [0.1, 0.15) is 10.5 Å². The highest BCUT2D eigenvalue weighted by molar-refractivity contribution is 6.32. The third-order valence-corrected chi connectivity index (χ3v) is 6.63. The number of halogens is 1. The van der Waals surface area contributed by atoms with E-state index in [1.165, 1.54) is 11.8 Å². The molecule has 1 aliphatic heterocycles. The van der Waals surface area contributed by atoms with E-state index >= 15 is 0 Å². The van der Waals surface area contributed by atoms with Gasteiger partial charge in [0.25, 0.3) is 11.5 Å². The topological polar surface area (TPSA) is 96.6 Å². The van der Waals surface area contributed by atoms with Crippen molar-refractivity contribution in [1.29, 1.82) is 0 Å². The maximum Gasteiger partial charge on any atom is 0.296 e. The van der Waals surface area contributed by atoms with Crippen LogP contribution in [0.15, 0.2) is 65.5 Å². The summed E-state index contributed by atoms with van der Waals surface area (Å²) in [5.41, 5.74) is 1.76. The van der Waals surface area contributed by atoms with E-state index in [-0.39, 0.29) is 11.3 Å². The Balaban J connectivity index is 1.55. The van der Waals surface area contributed by atoms with E-state index in [4.69, 9.17) is 25.8 Å². The summed E-state index contributed by atoms with van der Waals surface area (Å²) in [6.45, 7) is 0.899. The second-order valence-electron chi connectivity index (χ2n) is 8.50. The quantitative estimate of drug-likeness (QED) is 0.376. The molecule has 186 valence electrons. The molecule has 9 nitrogen and oxygen atoms in total. The van der Waals surface area contributed by atoms with Crippen molar-refractivity contribution in [3.8, 4) is 22.9 Å². The highest BCUT2D eigenvalue weighted by Gasteiger charge is 2.24. The molecule has 1 amide bonds. The van der Waals surface area contributed by atoms with Crippen LogP contribution in [0.25, 0.3) is 27.5 Å². The Morgan fingerprint density at radius 1 is 1.05 bits per heavy atom. The molecule has 0 spiro atoms. The van der Waals surface area contributed by atoms with Crippen LogP contribution in [-0.4, -0.2) is 40.6 Å². The lowest BCUT2D eigenvalue weighted by Crippen LogP contribution is -2.27. The number of carbonyl (C=O) groups excluding carboxylic acids is 1. The largest absolute Gasteiger partial charge is 0.495 e. The molecular formula is C27H21ClN4O5. The number of nitrogens with zero attached hydrogens (tertiary/aromatic N) is 3. The number of aryl methyl sites for hydroxylation is 1. The molecule has 3 heterocycles. The van der Waals surface area contributed by atoms with Crippen molar-refractivity contribution in [3.05, 3.63) is 81.7 Å². The molecule has 0 saturated carbocycles. The molecular weight excluding hydrogens is 496 g/mol. The zero-order valence-electron chi connectivity index (χ0n) is 19.9. The Labute approximate surface area is 215 Å². The van der Waals surface area contributed by atoms with Crippen molar-refractivity contribution in [2.45, 2.75) is 0 Å². The van der Waals surface area contributed by atoms with E-state index in [9.17, 15) is 9.59 Å². The maximum atomic E-state index is 13.7. The molecule has 1 aliphatic rings. The normalized spacial score (nSPS) is 12.6. The van der Waals surface area contributed by atoms with Crippen LogP contribution in [0.3, 0.4) is 0 Å². The highest BCUT2D eigenvalue weighted by atomic mass is 35.5. The van der Waals surface area contributed by atoms with Crippen LogP contribution >= 0.6 is 11.6 Å². The fourth-order valence-electron chi connectivity index (χ4n) is 4.61. The fourth-order valence-corrected chi connectivity index (χ4v) is 4.86. The van der Waals surface area contributed by atoms with Gasteiger partial charge in [-0.25, -0.2) is 0 Å². The molecule has 5 aromatic rings. The van der Waals surface area contributed by atoms with E-state index in [2.05, 4.69) is 10.4 Å². The minimum absolute atomic E-state index is 0.0910. The van der Waals surface area contributed by atoms with Gasteiger partial charge in [0.2, 0.25) is 0 Å². The summed E-state index contributed by atoms with van der Waals surface area (Å²) in [4.78, 5) is 27.4. The zero-order valence-corrected chi connectivity index (χ0v) is 20.7. The van der Waals surface area contributed by atoms with E-state index in [0.29, 0.717) is 57.8 Å². The number of ether oxygens (including phenoxy) is 3. The summed E-state index contributed by atoms with van der Waals surface area (Å²) in [6, 6.07) is 17.6. The Bertz CT molecular complexity index is 1780. The number of benzene rings is 3. The molecule has 0 unspecified atom stereocenters. The van der Waals surface area contributed by atoms with Gasteiger partial charge in [-0.05, 0) is 36.4 Å². The number of methoxy groups -OCH3 is 1. The minimum atomic E-state index is -0.480. The van der Waals surface area contributed by atoms with Crippen molar-refractivity contribution in [2.75, 3.05) is 25.6 Å². The molecule has 0 aliphatic carbocycles. The number of hydrogen-bond acceptors (Lipinski definition) is 6. The molecule has 2 aromatic heterocycles. The maximum absolute atomic E-state index is 13.7. The minimum Gasteiger partial charge on any atom is -0.495 e. The van der Waals surface area contributed by atoms with Gasteiger partial charge in [0, 0.05) is 35.1 Å². The average molecular weight is 517 g/mol. The number of carbonyl (C=O) groups is 1. The molecule has 0 atom stereocenters. The first kappa shape index (κ1) is 22.9. The number of nitrogens with one attached hydrogen (secondary N) is 1. The van der Waals surface area contributed by atoms with Gasteiger partial charge in [0.15, 0.2) is 17.2 Å². The summed E-state index contributed by atoms with van der Waals surface area (Å²) >= 11 is 6.34. The van der Waals surface area contributed by atoms with Crippen LogP contribution in [0.4, 0.5) is 5.69 Å². The SMILES string of the molecule is COc1ccc(-n2nc(C(=O)Nc3ccc4c(c3)OCCO4)c3c4ccccc4n(C)c3c2=O)cc1Cl. The van der Waals surface area contributed by atoms with Gasteiger partial charge in [0.05, 0.1) is 17.8 Å². The first-order valence-corrected chi connectivity index (χ1v) is 11.9.